The molecule has 9 nitrogen and oxygen atoms in total. The lowest BCUT2D eigenvalue weighted by atomic mass is 10.2. The van der Waals surface area contributed by atoms with Gasteiger partial charge in [0, 0.05) is 35.8 Å². The van der Waals surface area contributed by atoms with Gasteiger partial charge in [-0.2, -0.15) is 4.73 Å². The number of anilines is 1. The molecule has 1 aromatic carbocycles. The fraction of sp³-hybridized carbons (Fsp3) is 0.0909. The largest absolute Gasteiger partial charge is 0.619 e. The maximum Gasteiger partial charge on any atom is 0.296 e. The third kappa shape index (κ3) is 4.81. The highest BCUT2D eigenvalue weighted by atomic mass is 32.2. The molecule has 4 aromatic rings. The van der Waals surface area contributed by atoms with Crippen LogP contribution in [0.2, 0.25) is 0 Å². The van der Waals surface area contributed by atoms with E-state index in [4.69, 9.17) is 9.47 Å². The van der Waals surface area contributed by atoms with E-state index in [2.05, 4.69) is 19.7 Å². The van der Waals surface area contributed by atoms with E-state index in [9.17, 15) is 10.0 Å². The number of ether oxygens (including phenoxy) is 2. The quantitative estimate of drug-likeness (QED) is 0.249. The average molecular weight is 449 g/mol. The van der Waals surface area contributed by atoms with Crippen molar-refractivity contribution >= 4 is 17.8 Å². The summed E-state index contributed by atoms with van der Waals surface area (Å²) in [5.41, 5.74) is 1.10. The molecule has 0 saturated heterocycles. The van der Waals surface area contributed by atoms with Gasteiger partial charge in [-0.3, -0.25) is 4.79 Å². The molecule has 3 aromatic heterocycles. The summed E-state index contributed by atoms with van der Waals surface area (Å²) in [7, 11) is 1.52. The van der Waals surface area contributed by atoms with E-state index in [1.165, 1.54) is 31.5 Å². The molecule has 0 aliphatic heterocycles. The summed E-state index contributed by atoms with van der Waals surface area (Å²) in [6.45, 7) is 1.95. The van der Waals surface area contributed by atoms with Crippen LogP contribution in [-0.2, 0) is 0 Å². The molecule has 4 rings (SSSR count). The molecule has 0 spiro atoms. The lowest BCUT2D eigenvalue weighted by molar-refractivity contribution is -0.605. The van der Waals surface area contributed by atoms with Gasteiger partial charge in [0.25, 0.3) is 5.56 Å². The number of H-pyrrole nitrogens is 1. The molecule has 0 unspecified atom stereocenters. The molecular formula is C22H19N5O4S. The Balaban J connectivity index is 1.73. The zero-order chi connectivity index (χ0) is 22.5. The van der Waals surface area contributed by atoms with E-state index in [0.29, 0.717) is 26.8 Å². The number of benzene rings is 1. The molecule has 0 aliphatic rings. The molecule has 0 aliphatic carbocycles. The summed E-state index contributed by atoms with van der Waals surface area (Å²) < 4.78 is 14.9. The van der Waals surface area contributed by atoms with Crippen molar-refractivity contribution in [3.63, 3.8) is 0 Å². The third-order valence-corrected chi connectivity index (χ3v) is 5.12. The highest BCUT2D eigenvalue weighted by Crippen LogP contribution is 2.34. The first kappa shape index (κ1) is 21.2. The molecule has 0 fully saturated rings. The Labute approximate surface area is 187 Å². The van der Waals surface area contributed by atoms with Crippen LogP contribution in [0, 0.1) is 12.1 Å². The molecule has 0 saturated carbocycles. The first-order valence-electron chi connectivity index (χ1n) is 9.53. The maximum absolute atomic E-state index is 13.0. The van der Waals surface area contributed by atoms with Crippen molar-refractivity contribution in [1.82, 2.24) is 15.0 Å². The summed E-state index contributed by atoms with van der Waals surface area (Å²) in [5.74, 6) is 1.28. The van der Waals surface area contributed by atoms with Crippen LogP contribution in [0.1, 0.15) is 5.56 Å². The van der Waals surface area contributed by atoms with Gasteiger partial charge in [-0.05, 0) is 30.7 Å². The highest BCUT2D eigenvalue weighted by Gasteiger charge is 2.18. The van der Waals surface area contributed by atoms with E-state index >= 15 is 0 Å². The zero-order valence-electron chi connectivity index (χ0n) is 17.2. The number of hydrogen-bond acceptors (Lipinski definition) is 8. The number of aromatic amines is 1. The van der Waals surface area contributed by atoms with Gasteiger partial charge in [-0.25, -0.2) is 9.97 Å². The topological polar surface area (TPSA) is 116 Å². The van der Waals surface area contributed by atoms with Crippen molar-refractivity contribution in [2.24, 2.45) is 0 Å². The Morgan fingerprint density at radius 2 is 1.84 bits per heavy atom. The van der Waals surface area contributed by atoms with Gasteiger partial charge < -0.3 is 24.4 Å². The van der Waals surface area contributed by atoms with Crippen molar-refractivity contribution in [3.8, 4) is 28.6 Å². The minimum atomic E-state index is -0.500. The number of nitrogens with one attached hydrogen (secondary N) is 2. The van der Waals surface area contributed by atoms with Gasteiger partial charge in [0.15, 0.2) is 29.7 Å². The number of pyridine rings is 2. The molecule has 0 amide bonds. The number of para-hydroxylation sites is 2. The second kappa shape index (κ2) is 9.40. The zero-order valence-corrected chi connectivity index (χ0v) is 18.1. The first-order chi connectivity index (χ1) is 15.5. The maximum atomic E-state index is 13.0. The summed E-state index contributed by atoms with van der Waals surface area (Å²) >= 11 is 1.19. The molecule has 0 radical (unpaired) electrons. The van der Waals surface area contributed by atoms with E-state index in [-0.39, 0.29) is 17.4 Å². The molecule has 0 bridgehead atoms. The first-order valence-corrected chi connectivity index (χ1v) is 10.3. The van der Waals surface area contributed by atoms with Crippen molar-refractivity contribution in [2.45, 2.75) is 11.9 Å². The van der Waals surface area contributed by atoms with Crippen molar-refractivity contribution < 1.29 is 14.2 Å². The number of rotatable bonds is 7. The minimum Gasteiger partial charge on any atom is -0.619 e. The highest BCUT2D eigenvalue weighted by molar-refractivity contribution is 8.00. The van der Waals surface area contributed by atoms with Gasteiger partial charge in [-0.15, -0.1) is 0 Å². The lowest BCUT2D eigenvalue weighted by Gasteiger charge is -2.14. The molecule has 10 heteroatoms. The monoisotopic (exact) mass is 449 g/mol. The molecule has 162 valence electrons. The number of aromatic nitrogens is 4. The summed E-state index contributed by atoms with van der Waals surface area (Å²) in [4.78, 5) is 24.5. The van der Waals surface area contributed by atoms with Gasteiger partial charge in [0.1, 0.15) is 10.9 Å². The van der Waals surface area contributed by atoms with E-state index in [0.717, 1.165) is 5.56 Å². The predicted molar refractivity (Wildman–Crippen MR) is 121 cm³/mol. The van der Waals surface area contributed by atoms with Crippen molar-refractivity contribution in [1.29, 1.82) is 0 Å². The van der Waals surface area contributed by atoms with Crippen LogP contribution in [0.15, 0.2) is 76.9 Å². The van der Waals surface area contributed by atoms with Crippen LogP contribution in [0.25, 0.3) is 11.4 Å². The molecule has 32 heavy (non-hydrogen) atoms. The van der Waals surface area contributed by atoms with Crippen LogP contribution >= 0.6 is 11.9 Å². The Kier molecular flexibility index (Phi) is 6.22. The van der Waals surface area contributed by atoms with Gasteiger partial charge in [-0.1, -0.05) is 18.2 Å². The van der Waals surface area contributed by atoms with Crippen LogP contribution in [-0.4, -0.2) is 22.1 Å². The summed E-state index contributed by atoms with van der Waals surface area (Å²) in [6.07, 6.45) is 4.40. The lowest BCUT2D eigenvalue weighted by Crippen LogP contribution is -2.23. The van der Waals surface area contributed by atoms with E-state index < -0.39 is 5.56 Å². The molecule has 2 N–H and O–H groups in total. The number of methoxy groups -OCH3 is 1. The van der Waals surface area contributed by atoms with Crippen LogP contribution in [0.5, 0.6) is 17.2 Å². The third-order valence-electron chi connectivity index (χ3n) is 4.37. The normalized spacial score (nSPS) is 10.6. The van der Waals surface area contributed by atoms with Gasteiger partial charge in [0.05, 0.1) is 7.11 Å². The predicted octanol–water partition coefficient (Wildman–Crippen LogP) is 3.69. The number of aryl methyl sites for hydroxylation is 1. The van der Waals surface area contributed by atoms with Crippen molar-refractivity contribution in [2.75, 3.05) is 11.8 Å². The fourth-order valence-corrected chi connectivity index (χ4v) is 3.34. The second-order valence-corrected chi connectivity index (χ2v) is 7.50. The van der Waals surface area contributed by atoms with E-state index in [1.54, 1.807) is 42.6 Å². The van der Waals surface area contributed by atoms with Gasteiger partial charge in [0.2, 0.25) is 5.75 Å². The number of nitrogens with zero attached hydrogens (tertiary/aromatic N) is 3. The van der Waals surface area contributed by atoms with E-state index in [1.807, 2.05) is 19.1 Å². The van der Waals surface area contributed by atoms with Crippen LogP contribution in [0.3, 0.4) is 0 Å². The Morgan fingerprint density at radius 3 is 2.53 bits per heavy atom. The second-order valence-electron chi connectivity index (χ2n) is 6.67. The molecule has 3 heterocycles. The summed E-state index contributed by atoms with van der Waals surface area (Å²) in [5, 5.41) is 12.0. The Bertz CT molecular complexity index is 1280. The van der Waals surface area contributed by atoms with Crippen LogP contribution in [0.4, 0.5) is 5.82 Å². The minimum absolute atomic E-state index is 0.0346. The van der Waals surface area contributed by atoms with Gasteiger partial charge >= 0.3 is 0 Å². The van der Waals surface area contributed by atoms with Crippen molar-refractivity contribution in [3.05, 3.63) is 88.2 Å². The Morgan fingerprint density at radius 1 is 1.09 bits per heavy atom. The molecular weight excluding hydrogens is 430 g/mol. The standard InChI is InChI=1S/C22H19N5O4S/c1-14-7-8-18(23-13-14)32-26-21-19(31-17-6-4-3-5-16(17)30-2)22(28)25-20(24-21)15-9-11-27(29)12-10-15/h3-13H,1-2H3,(H2,24,25,26,28). The average Bonchev–Trinajstić information content (AvgIpc) is 2.81. The smallest absolute Gasteiger partial charge is 0.296 e. The van der Waals surface area contributed by atoms with Crippen LogP contribution < -0.4 is 24.5 Å². The molecule has 0 atom stereocenters. The number of hydrogen-bond donors (Lipinski definition) is 2. The SMILES string of the molecule is COc1ccccc1Oc1c(NSc2ccc(C)cn2)nc(-c2cc[n+]([O-])cc2)[nH]c1=O. The Hall–Kier alpha value is -4.05. The summed E-state index contributed by atoms with van der Waals surface area (Å²) in [6, 6.07) is 13.9. The fourth-order valence-electron chi connectivity index (χ4n) is 2.76.